The summed E-state index contributed by atoms with van der Waals surface area (Å²) in [4.78, 5) is 23.4. The number of hydrogen-bond donors (Lipinski definition) is 3. The van der Waals surface area contributed by atoms with Crippen molar-refractivity contribution in [2.45, 2.75) is 65.3 Å². The molecule has 0 bridgehead atoms. The van der Waals surface area contributed by atoms with Crippen molar-refractivity contribution >= 4 is 25.3 Å². The van der Waals surface area contributed by atoms with Crippen LogP contribution in [0.15, 0.2) is 23.7 Å². The highest BCUT2D eigenvalue weighted by molar-refractivity contribution is 6.56. The van der Waals surface area contributed by atoms with E-state index in [1.165, 1.54) is 18.2 Å². The molecule has 0 unspecified atom stereocenters. The summed E-state index contributed by atoms with van der Waals surface area (Å²) in [6, 6.07) is 3.96. The number of phenolic OH excluding ortho intramolecular Hbond substituents is 1. The first-order chi connectivity index (χ1) is 13.6. The second-order valence-corrected chi connectivity index (χ2v) is 9.24. The Bertz CT molecular complexity index is 839. The molecule has 3 N–H and O–H groups in total. The van der Waals surface area contributed by atoms with Gasteiger partial charge in [0.1, 0.15) is 11.4 Å². The summed E-state index contributed by atoms with van der Waals surface area (Å²) in [7, 11) is -0.808. The van der Waals surface area contributed by atoms with Gasteiger partial charge in [-0.05, 0) is 72.1 Å². The van der Waals surface area contributed by atoms with Crippen molar-refractivity contribution in [2.24, 2.45) is 0 Å². The molecule has 0 saturated carbocycles. The van der Waals surface area contributed by atoms with Crippen LogP contribution in [-0.2, 0) is 14.0 Å². The number of ether oxygens (including phenoxy) is 1. The molecule has 0 spiro atoms. The molecule has 8 nitrogen and oxygen atoms in total. The molecule has 1 aliphatic rings. The van der Waals surface area contributed by atoms with Crippen LogP contribution in [0.5, 0.6) is 5.75 Å². The van der Waals surface area contributed by atoms with Crippen LogP contribution in [0.3, 0.4) is 0 Å². The van der Waals surface area contributed by atoms with Gasteiger partial charge < -0.3 is 29.6 Å². The Kier molecular flexibility index (Phi) is 6.59. The maximum absolute atomic E-state index is 12.1. The van der Waals surface area contributed by atoms with E-state index >= 15 is 0 Å². The summed E-state index contributed by atoms with van der Waals surface area (Å²) >= 11 is 0. The monoisotopic (exact) mass is 419 g/mol. The zero-order valence-corrected chi connectivity index (χ0v) is 18.5. The summed E-state index contributed by atoms with van der Waals surface area (Å²) in [6.07, 6.45) is 0.940. The first-order valence-electron chi connectivity index (χ1n) is 9.70. The molecule has 1 aromatic carbocycles. The quantitative estimate of drug-likeness (QED) is 0.625. The van der Waals surface area contributed by atoms with E-state index < -0.39 is 36.0 Å². The van der Waals surface area contributed by atoms with Crippen LogP contribution < -0.4 is 5.32 Å². The van der Waals surface area contributed by atoms with Gasteiger partial charge >= 0.3 is 19.2 Å². The minimum absolute atomic E-state index is 0.0163. The first-order valence-corrected chi connectivity index (χ1v) is 9.70. The normalized spacial score (nSPS) is 18.2. The van der Waals surface area contributed by atoms with Crippen LogP contribution in [0.25, 0.3) is 6.08 Å². The van der Waals surface area contributed by atoms with E-state index in [0.717, 1.165) is 0 Å². The molecule has 1 fully saturated rings. The van der Waals surface area contributed by atoms with Crippen LogP contribution in [0, 0.1) is 0 Å². The molecule has 0 aliphatic carbocycles. The molecule has 0 radical (unpaired) electrons. The zero-order valence-electron chi connectivity index (χ0n) is 18.5. The molecule has 1 aromatic rings. The molecule has 164 valence electrons. The Balaban J connectivity index is 2.37. The third-order valence-electron chi connectivity index (χ3n) is 5.01. The van der Waals surface area contributed by atoms with E-state index in [1.807, 2.05) is 27.7 Å². The van der Waals surface area contributed by atoms with Crippen molar-refractivity contribution in [3.05, 3.63) is 34.8 Å². The van der Waals surface area contributed by atoms with Gasteiger partial charge in [0.15, 0.2) is 0 Å². The predicted molar refractivity (Wildman–Crippen MR) is 113 cm³/mol. The standard InChI is InChI=1S/C21H30BNO7/c1-19(2,3)28-18(27)23-12-15(22-29-20(4,5)21(6,7)30-22)11-14-10-13(17(25)26)8-9-16(14)24/h8-11,24H,12H2,1-7H3,(H,23,27)(H,25,26). The van der Waals surface area contributed by atoms with E-state index in [1.54, 1.807) is 26.8 Å². The van der Waals surface area contributed by atoms with Crippen LogP contribution in [0.2, 0.25) is 0 Å². The third-order valence-corrected chi connectivity index (χ3v) is 5.01. The van der Waals surface area contributed by atoms with Gasteiger partial charge in [0.2, 0.25) is 0 Å². The Morgan fingerprint density at radius 3 is 2.23 bits per heavy atom. The molecular formula is C21H30BNO7. The highest BCUT2D eigenvalue weighted by atomic mass is 16.7. The lowest BCUT2D eigenvalue weighted by atomic mass is 9.77. The fraction of sp³-hybridized carbons (Fsp3) is 0.524. The van der Waals surface area contributed by atoms with E-state index in [2.05, 4.69) is 5.32 Å². The lowest BCUT2D eigenvalue weighted by Crippen LogP contribution is -2.41. The highest BCUT2D eigenvalue weighted by Gasteiger charge is 2.52. The highest BCUT2D eigenvalue weighted by Crippen LogP contribution is 2.39. The Morgan fingerprint density at radius 1 is 1.17 bits per heavy atom. The van der Waals surface area contributed by atoms with E-state index in [9.17, 15) is 19.8 Å². The average molecular weight is 419 g/mol. The Labute approximate surface area is 177 Å². The van der Waals surface area contributed by atoms with Gasteiger partial charge in [0.05, 0.1) is 16.8 Å². The largest absolute Gasteiger partial charge is 0.507 e. The molecule has 1 saturated heterocycles. The summed E-state index contributed by atoms with van der Waals surface area (Å²) in [6.45, 7) is 12.9. The van der Waals surface area contributed by atoms with E-state index in [-0.39, 0.29) is 23.4 Å². The van der Waals surface area contributed by atoms with Crippen molar-refractivity contribution in [2.75, 3.05) is 6.54 Å². The fourth-order valence-electron chi connectivity index (χ4n) is 2.69. The molecule has 0 aromatic heterocycles. The number of hydrogen-bond acceptors (Lipinski definition) is 6. The summed E-state index contributed by atoms with van der Waals surface area (Å²) < 4.78 is 17.4. The van der Waals surface area contributed by atoms with Crippen molar-refractivity contribution in [1.29, 1.82) is 0 Å². The summed E-state index contributed by atoms with van der Waals surface area (Å²) in [5.74, 6) is -1.22. The van der Waals surface area contributed by atoms with Gasteiger partial charge in [0.25, 0.3) is 0 Å². The second kappa shape index (κ2) is 8.31. The van der Waals surface area contributed by atoms with E-state index in [4.69, 9.17) is 14.0 Å². The topological polar surface area (TPSA) is 114 Å². The number of amides is 1. The molecule has 2 rings (SSSR count). The lowest BCUT2D eigenvalue weighted by molar-refractivity contribution is 0.00578. The van der Waals surface area contributed by atoms with Crippen LogP contribution in [0.1, 0.15) is 64.4 Å². The minimum Gasteiger partial charge on any atom is -0.507 e. The number of carboxylic acids is 1. The molecule has 0 atom stereocenters. The van der Waals surface area contributed by atoms with Gasteiger partial charge in [-0.3, -0.25) is 0 Å². The molecule has 1 heterocycles. The van der Waals surface area contributed by atoms with Gasteiger partial charge in [-0.15, -0.1) is 0 Å². The van der Waals surface area contributed by atoms with Gasteiger partial charge in [0, 0.05) is 12.1 Å². The predicted octanol–water partition coefficient (Wildman–Crippen LogP) is 3.63. The zero-order chi connectivity index (χ0) is 22.9. The van der Waals surface area contributed by atoms with E-state index in [0.29, 0.717) is 5.47 Å². The Hall–Kier alpha value is -2.52. The van der Waals surface area contributed by atoms with Crippen LogP contribution >= 0.6 is 0 Å². The number of aromatic carboxylic acids is 1. The maximum Gasteiger partial charge on any atom is 0.492 e. The number of nitrogens with one attached hydrogen (secondary N) is 1. The van der Waals surface area contributed by atoms with Gasteiger partial charge in [-0.25, -0.2) is 9.59 Å². The third kappa shape index (κ3) is 5.76. The van der Waals surface area contributed by atoms with Gasteiger partial charge in [-0.1, -0.05) is 6.08 Å². The number of carbonyl (C=O) groups is 2. The fourth-order valence-corrected chi connectivity index (χ4v) is 2.69. The number of carbonyl (C=O) groups excluding carboxylic acids is 1. The number of carboxylic acid groups (broad SMARTS) is 1. The first kappa shape index (κ1) is 23.8. The van der Waals surface area contributed by atoms with Gasteiger partial charge in [-0.2, -0.15) is 0 Å². The molecule has 9 heteroatoms. The molecule has 30 heavy (non-hydrogen) atoms. The number of phenols is 1. The smallest absolute Gasteiger partial charge is 0.492 e. The SMILES string of the molecule is CC(C)(C)OC(=O)NCC(=Cc1cc(C(=O)O)ccc1O)B1OC(C)(C)C(C)(C)O1. The van der Waals surface area contributed by atoms with Crippen molar-refractivity contribution in [3.8, 4) is 5.75 Å². The minimum atomic E-state index is -1.12. The summed E-state index contributed by atoms with van der Waals surface area (Å²) in [5, 5.41) is 22.1. The maximum atomic E-state index is 12.1. The Morgan fingerprint density at radius 2 is 1.73 bits per heavy atom. The number of alkyl carbamates (subject to hydrolysis) is 1. The lowest BCUT2D eigenvalue weighted by Gasteiger charge is -2.32. The van der Waals surface area contributed by atoms with Crippen LogP contribution in [0.4, 0.5) is 4.79 Å². The number of benzene rings is 1. The van der Waals surface area contributed by atoms with Crippen molar-refractivity contribution in [3.63, 3.8) is 0 Å². The summed E-state index contributed by atoms with van der Waals surface area (Å²) in [5.41, 5.74) is -1.11. The molecule has 1 amide bonds. The van der Waals surface area contributed by atoms with Crippen molar-refractivity contribution in [1.82, 2.24) is 5.32 Å². The molecular weight excluding hydrogens is 389 g/mol. The average Bonchev–Trinajstić information content (AvgIpc) is 2.78. The van der Waals surface area contributed by atoms with Crippen LogP contribution in [-0.4, -0.2) is 52.7 Å². The number of aromatic hydroxyl groups is 1. The number of rotatable bonds is 5. The van der Waals surface area contributed by atoms with Crippen molar-refractivity contribution < 1.29 is 33.8 Å². The molecule has 1 aliphatic heterocycles. The second-order valence-electron chi connectivity index (χ2n) is 9.24.